The van der Waals surface area contributed by atoms with Crippen molar-refractivity contribution in [2.45, 2.75) is 39.3 Å². The number of ether oxygens (including phenoxy) is 1. The van der Waals surface area contributed by atoms with Gasteiger partial charge in [0.15, 0.2) is 0 Å². The van der Waals surface area contributed by atoms with Crippen LogP contribution in [-0.4, -0.2) is 29.5 Å². The molecule has 172 valence electrons. The molecule has 2 heterocycles. The maximum absolute atomic E-state index is 12.4. The van der Waals surface area contributed by atoms with Gasteiger partial charge < -0.3 is 15.0 Å². The zero-order chi connectivity index (χ0) is 24.2. The number of nitrogens with zero attached hydrogens (tertiary/aromatic N) is 3. The maximum Gasteiger partial charge on any atom is 0.338 e. The van der Waals surface area contributed by atoms with Crippen molar-refractivity contribution in [3.63, 3.8) is 0 Å². The lowest BCUT2D eigenvalue weighted by atomic mass is 9.89. The van der Waals surface area contributed by atoms with Crippen LogP contribution in [0.1, 0.15) is 54.7 Å². The standard InChI is InChI=1S/C27H26N4O3/c1-4-34-27(33)21-8-6-20(7-9-21)22-10-11-25-23(14-22)24(13-17(2)31(25)18(3)32)30-26-12-5-19(15-28)16-29-26/h5-12,14,16-17,24H,4,13H2,1-3H3,(H,29,30). The Morgan fingerprint density at radius 2 is 1.88 bits per heavy atom. The van der Waals surface area contributed by atoms with E-state index >= 15 is 0 Å². The van der Waals surface area contributed by atoms with Gasteiger partial charge in [-0.2, -0.15) is 5.26 Å². The molecule has 0 spiro atoms. The van der Waals surface area contributed by atoms with Gasteiger partial charge in [-0.1, -0.05) is 18.2 Å². The molecule has 1 aliphatic heterocycles. The Hall–Kier alpha value is -4.18. The van der Waals surface area contributed by atoms with Gasteiger partial charge in [0.1, 0.15) is 11.9 Å². The first-order valence-corrected chi connectivity index (χ1v) is 11.2. The van der Waals surface area contributed by atoms with E-state index in [-0.39, 0.29) is 24.0 Å². The second-order valence-electron chi connectivity index (χ2n) is 8.29. The van der Waals surface area contributed by atoms with Crippen LogP contribution in [0.15, 0.2) is 60.8 Å². The third-order valence-corrected chi connectivity index (χ3v) is 5.96. The highest BCUT2D eigenvalue weighted by molar-refractivity contribution is 5.94. The highest BCUT2D eigenvalue weighted by Gasteiger charge is 2.32. The predicted molar refractivity (Wildman–Crippen MR) is 130 cm³/mol. The minimum atomic E-state index is -0.343. The lowest BCUT2D eigenvalue weighted by Gasteiger charge is -2.39. The minimum absolute atomic E-state index is 0.00441. The lowest BCUT2D eigenvalue weighted by molar-refractivity contribution is -0.117. The Bertz CT molecular complexity index is 1250. The van der Waals surface area contributed by atoms with Gasteiger partial charge in [0.2, 0.25) is 5.91 Å². The number of benzene rings is 2. The van der Waals surface area contributed by atoms with Crippen molar-refractivity contribution < 1.29 is 14.3 Å². The van der Waals surface area contributed by atoms with Crippen molar-refractivity contribution in [2.75, 3.05) is 16.8 Å². The fourth-order valence-electron chi connectivity index (χ4n) is 4.40. The summed E-state index contributed by atoms with van der Waals surface area (Å²) in [6, 6.07) is 18.9. The first-order valence-electron chi connectivity index (χ1n) is 11.2. The topological polar surface area (TPSA) is 95.3 Å². The first-order chi connectivity index (χ1) is 16.4. The number of fused-ring (bicyclic) bond motifs is 1. The Kier molecular flexibility index (Phi) is 6.60. The first kappa shape index (κ1) is 23.0. The molecule has 2 unspecified atom stereocenters. The van der Waals surface area contributed by atoms with Gasteiger partial charge in [0, 0.05) is 24.8 Å². The summed E-state index contributed by atoms with van der Waals surface area (Å²) in [5.41, 5.74) is 4.80. The van der Waals surface area contributed by atoms with Crippen LogP contribution in [0.2, 0.25) is 0 Å². The zero-order valence-electron chi connectivity index (χ0n) is 19.4. The predicted octanol–water partition coefficient (Wildman–Crippen LogP) is 5.10. The molecule has 2 atom stereocenters. The summed E-state index contributed by atoms with van der Waals surface area (Å²) in [7, 11) is 0. The molecule has 1 aromatic heterocycles. The van der Waals surface area contributed by atoms with Gasteiger partial charge >= 0.3 is 5.97 Å². The number of amides is 1. The SMILES string of the molecule is CCOC(=O)c1ccc(-c2ccc3c(c2)C(Nc2ccc(C#N)cn2)CC(C)N3C(C)=O)cc1. The van der Waals surface area contributed by atoms with Gasteiger partial charge in [0.05, 0.1) is 23.8 Å². The molecule has 0 bridgehead atoms. The number of nitrogens with one attached hydrogen (secondary N) is 1. The average Bonchev–Trinajstić information content (AvgIpc) is 2.84. The van der Waals surface area contributed by atoms with E-state index < -0.39 is 0 Å². The molecule has 7 heteroatoms. The number of anilines is 2. The lowest BCUT2D eigenvalue weighted by Crippen LogP contribution is -2.43. The molecule has 4 rings (SSSR count). The summed E-state index contributed by atoms with van der Waals surface area (Å²) in [5.74, 6) is 0.322. The highest BCUT2D eigenvalue weighted by atomic mass is 16.5. The summed E-state index contributed by atoms with van der Waals surface area (Å²) in [6.07, 6.45) is 2.25. The fraction of sp³-hybridized carbons (Fsp3) is 0.259. The molecule has 0 saturated heterocycles. The van der Waals surface area contributed by atoms with E-state index in [1.807, 2.05) is 36.1 Å². The molecule has 3 aromatic rings. The molecular weight excluding hydrogens is 428 g/mol. The van der Waals surface area contributed by atoms with Crippen LogP contribution >= 0.6 is 0 Å². The van der Waals surface area contributed by atoms with Gasteiger partial charge in [-0.3, -0.25) is 4.79 Å². The summed E-state index contributed by atoms with van der Waals surface area (Å²) < 4.78 is 5.07. The van der Waals surface area contributed by atoms with Crippen molar-refractivity contribution >= 4 is 23.4 Å². The number of aromatic nitrogens is 1. The van der Waals surface area contributed by atoms with Crippen molar-refractivity contribution in [1.82, 2.24) is 4.98 Å². The average molecular weight is 455 g/mol. The summed E-state index contributed by atoms with van der Waals surface area (Å²) in [6.45, 7) is 5.73. The zero-order valence-corrected chi connectivity index (χ0v) is 19.4. The molecule has 2 aromatic carbocycles. The number of esters is 1. The van der Waals surface area contributed by atoms with Gasteiger partial charge in [0.25, 0.3) is 0 Å². The van der Waals surface area contributed by atoms with Crippen LogP contribution in [0.5, 0.6) is 0 Å². The van der Waals surface area contributed by atoms with Crippen LogP contribution < -0.4 is 10.2 Å². The number of hydrogen-bond acceptors (Lipinski definition) is 6. The van der Waals surface area contributed by atoms with Crippen LogP contribution in [-0.2, 0) is 9.53 Å². The van der Waals surface area contributed by atoms with E-state index in [0.29, 0.717) is 30.0 Å². The molecule has 1 aliphatic rings. The molecule has 7 nitrogen and oxygen atoms in total. The number of carbonyl (C=O) groups excluding carboxylic acids is 2. The Balaban J connectivity index is 1.70. The molecule has 0 radical (unpaired) electrons. The third kappa shape index (κ3) is 4.62. The summed E-state index contributed by atoms with van der Waals surface area (Å²) >= 11 is 0. The quantitative estimate of drug-likeness (QED) is 0.539. The van der Waals surface area contributed by atoms with Crippen molar-refractivity contribution in [3.8, 4) is 17.2 Å². The smallest absolute Gasteiger partial charge is 0.338 e. The Morgan fingerprint density at radius 3 is 2.50 bits per heavy atom. The molecular formula is C27H26N4O3. The summed E-state index contributed by atoms with van der Waals surface area (Å²) in [5, 5.41) is 12.5. The Labute approximate surface area is 199 Å². The number of rotatable bonds is 5. The van der Waals surface area contributed by atoms with E-state index in [0.717, 1.165) is 22.4 Å². The fourth-order valence-corrected chi connectivity index (χ4v) is 4.40. The van der Waals surface area contributed by atoms with Gasteiger partial charge in [-0.05, 0) is 73.4 Å². The second-order valence-corrected chi connectivity index (χ2v) is 8.29. The number of nitriles is 1. The summed E-state index contributed by atoms with van der Waals surface area (Å²) in [4.78, 5) is 30.6. The van der Waals surface area contributed by atoms with E-state index in [2.05, 4.69) is 22.4 Å². The van der Waals surface area contributed by atoms with E-state index in [4.69, 9.17) is 10.00 Å². The van der Waals surface area contributed by atoms with Gasteiger partial charge in [-0.25, -0.2) is 9.78 Å². The monoisotopic (exact) mass is 454 g/mol. The highest BCUT2D eigenvalue weighted by Crippen LogP contribution is 2.41. The Morgan fingerprint density at radius 1 is 1.15 bits per heavy atom. The van der Waals surface area contributed by atoms with Crippen molar-refractivity contribution in [2.24, 2.45) is 0 Å². The van der Waals surface area contributed by atoms with Crippen LogP contribution in [0, 0.1) is 11.3 Å². The van der Waals surface area contributed by atoms with Crippen LogP contribution in [0.25, 0.3) is 11.1 Å². The maximum atomic E-state index is 12.4. The molecule has 0 fully saturated rings. The minimum Gasteiger partial charge on any atom is -0.462 e. The van der Waals surface area contributed by atoms with Crippen LogP contribution in [0.3, 0.4) is 0 Å². The number of hydrogen-bond donors (Lipinski definition) is 1. The van der Waals surface area contributed by atoms with E-state index in [1.165, 1.54) is 0 Å². The number of carbonyl (C=O) groups is 2. The third-order valence-electron chi connectivity index (χ3n) is 5.96. The van der Waals surface area contributed by atoms with Crippen molar-refractivity contribution in [3.05, 3.63) is 77.5 Å². The van der Waals surface area contributed by atoms with Gasteiger partial charge in [-0.15, -0.1) is 0 Å². The molecule has 0 aliphatic carbocycles. The molecule has 1 amide bonds. The normalized spacial score (nSPS) is 16.8. The second kappa shape index (κ2) is 9.75. The number of pyridine rings is 1. The van der Waals surface area contributed by atoms with Crippen LogP contribution in [0.4, 0.5) is 11.5 Å². The molecule has 0 saturated carbocycles. The van der Waals surface area contributed by atoms with E-state index in [1.54, 1.807) is 44.3 Å². The molecule has 1 N–H and O–H groups in total. The van der Waals surface area contributed by atoms with E-state index in [9.17, 15) is 9.59 Å². The van der Waals surface area contributed by atoms with Crippen molar-refractivity contribution in [1.29, 1.82) is 5.26 Å². The molecule has 34 heavy (non-hydrogen) atoms. The largest absolute Gasteiger partial charge is 0.462 e.